The van der Waals surface area contributed by atoms with E-state index in [9.17, 15) is 19.5 Å². The number of esters is 1. The van der Waals surface area contributed by atoms with Gasteiger partial charge in [-0.25, -0.2) is 0 Å². The number of fused-ring (bicyclic) bond motifs is 1. The van der Waals surface area contributed by atoms with Crippen LogP contribution < -0.4 is 0 Å². The fourth-order valence-electron chi connectivity index (χ4n) is 6.46. The maximum absolute atomic E-state index is 14.4. The molecule has 3 fully saturated rings. The predicted molar refractivity (Wildman–Crippen MR) is 150 cm³/mol. The van der Waals surface area contributed by atoms with E-state index in [0.29, 0.717) is 25.9 Å². The summed E-state index contributed by atoms with van der Waals surface area (Å²) in [7, 11) is 0. The van der Waals surface area contributed by atoms with Gasteiger partial charge in [-0.1, -0.05) is 68.1 Å². The van der Waals surface area contributed by atoms with Crippen molar-refractivity contribution in [1.29, 1.82) is 0 Å². The third-order valence-corrected chi connectivity index (χ3v) is 9.41. The van der Waals surface area contributed by atoms with Crippen molar-refractivity contribution in [2.45, 2.75) is 94.3 Å². The predicted octanol–water partition coefficient (Wildman–Crippen LogP) is 3.86. The van der Waals surface area contributed by atoms with E-state index in [4.69, 9.17) is 9.47 Å². The van der Waals surface area contributed by atoms with Gasteiger partial charge in [-0.2, -0.15) is 0 Å². The Morgan fingerprint density at radius 3 is 2.63 bits per heavy atom. The number of allylic oxidation sites excluding steroid dienone is 1. The molecule has 38 heavy (non-hydrogen) atoms. The molecule has 0 aromatic rings. The van der Waals surface area contributed by atoms with Gasteiger partial charge in [0.15, 0.2) is 0 Å². The van der Waals surface area contributed by atoms with E-state index in [1.54, 1.807) is 22.0 Å². The summed E-state index contributed by atoms with van der Waals surface area (Å²) in [6.07, 6.45) is 8.27. The van der Waals surface area contributed by atoms with Crippen molar-refractivity contribution < 1.29 is 29.0 Å². The number of ether oxygens (including phenoxy) is 2. The summed E-state index contributed by atoms with van der Waals surface area (Å²) in [6.45, 7) is 14.5. The summed E-state index contributed by atoms with van der Waals surface area (Å²) < 4.78 is 12.2. The molecule has 8 nitrogen and oxygen atoms in total. The number of hydrogen-bond donors (Lipinski definition) is 1. The monoisotopic (exact) mass is 596 g/mol. The van der Waals surface area contributed by atoms with Crippen LogP contribution in [0.1, 0.15) is 65.7 Å². The molecule has 3 saturated heterocycles. The smallest absolute Gasteiger partial charge is 0.312 e. The van der Waals surface area contributed by atoms with Gasteiger partial charge in [-0.3, -0.25) is 14.4 Å². The van der Waals surface area contributed by atoms with Crippen LogP contribution >= 0.6 is 15.9 Å². The summed E-state index contributed by atoms with van der Waals surface area (Å²) in [5, 5.41) is 10.5. The third-order valence-electron chi connectivity index (χ3n) is 8.57. The van der Waals surface area contributed by atoms with Gasteiger partial charge in [0.1, 0.15) is 11.6 Å². The molecule has 3 aliphatic heterocycles. The zero-order valence-corrected chi connectivity index (χ0v) is 24.7. The van der Waals surface area contributed by atoms with Crippen molar-refractivity contribution >= 4 is 33.7 Å². The van der Waals surface area contributed by atoms with E-state index < -0.39 is 41.6 Å². The number of likely N-dealkylation sites (tertiary alicyclic amines) is 1. The summed E-state index contributed by atoms with van der Waals surface area (Å²) >= 11 is 3.69. The number of carbonyl (C=O) groups is 3. The highest BCUT2D eigenvalue weighted by molar-refractivity contribution is 9.09. The third kappa shape index (κ3) is 5.61. The largest absolute Gasteiger partial charge is 0.465 e. The average Bonchev–Trinajstić information content (AvgIpc) is 3.49. The van der Waals surface area contributed by atoms with Crippen molar-refractivity contribution in [1.82, 2.24) is 9.80 Å². The molecular weight excluding hydrogens is 552 g/mol. The van der Waals surface area contributed by atoms with Crippen LogP contribution in [0.15, 0.2) is 25.3 Å². The molecule has 0 aromatic heterocycles. The number of nitrogens with zero attached hydrogens (tertiary/aromatic N) is 2. The van der Waals surface area contributed by atoms with Gasteiger partial charge in [0.05, 0.1) is 37.2 Å². The first-order chi connectivity index (χ1) is 18.2. The Kier molecular flexibility index (Phi) is 11.0. The van der Waals surface area contributed by atoms with Crippen LogP contribution in [0.25, 0.3) is 0 Å². The number of alkyl halides is 1. The van der Waals surface area contributed by atoms with E-state index in [1.807, 2.05) is 13.8 Å². The normalized spacial score (nSPS) is 31.1. The van der Waals surface area contributed by atoms with Crippen LogP contribution in [0.3, 0.4) is 0 Å². The number of rotatable bonds is 16. The minimum atomic E-state index is -1.16. The topological polar surface area (TPSA) is 96.4 Å². The summed E-state index contributed by atoms with van der Waals surface area (Å²) in [5.41, 5.74) is -1.16. The first-order valence-electron chi connectivity index (χ1n) is 14.2. The van der Waals surface area contributed by atoms with Crippen LogP contribution in [0.5, 0.6) is 0 Å². The Hall–Kier alpha value is -1.71. The van der Waals surface area contributed by atoms with Gasteiger partial charge >= 0.3 is 5.97 Å². The summed E-state index contributed by atoms with van der Waals surface area (Å²) in [5.74, 6) is -2.67. The highest BCUT2D eigenvalue weighted by Crippen LogP contribution is 2.61. The number of amides is 2. The molecule has 0 saturated carbocycles. The standard InChI is InChI=1S/C29H45BrN2O6/c1-6-10-12-15-31(14-8-3)27(35)25-29-17-20(30)24(38-29)22(28(36)37-16-13-11-7-2)23(29)26(34)32(25)21(18-33)19(5)9-4/h7-8,19-25,33H,2-3,6,9-18H2,1,4-5H3/t19-,20?,21-,22-,23-,24-,25?,29?/m0/s1. The molecule has 0 aromatic carbocycles. The molecule has 1 N–H and O–H groups in total. The zero-order valence-electron chi connectivity index (χ0n) is 23.1. The van der Waals surface area contributed by atoms with Gasteiger partial charge in [0, 0.05) is 17.9 Å². The highest BCUT2D eigenvalue weighted by atomic mass is 79.9. The maximum atomic E-state index is 14.4. The number of aliphatic hydroxyl groups excluding tert-OH is 1. The molecule has 3 rings (SSSR count). The van der Waals surface area contributed by atoms with Crippen LogP contribution in [-0.4, -0.2) is 87.6 Å². The molecule has 3 heterocycles. The zero-order chi connectivity index (χ0) is 28.0. The van der Waals surface area contributed by atoms with E-state index in [1.165, 1.54) is 0 Å². The fourth-order valence-corrected chi connectivity index (χ4v) is 7.40. The van der Waals surface area contributed by atoms with Crippen molar-refractivity contribution in [2.24, 2.45) is 17.8 Å². The molecule has 1 spiro atoms. The molecule has 0 radical (unpaired) electrons. The Morgan fingerprint density at radius 2 is 2.03 bits per heavy atom. The Balaban J connectivity index is 2.04. The van der Waals surface area contributed by atoms with Crippen molar-refractivity contribution in [3.05, 3.63) is 25.3 Å². The van der Waals surface area contributed by atoms with Crippen molar-refractivity contribution in [3.8, 4) is 0 Å². The lowest BCUT2D eigenvalue weighted by Crippen LogP contribution is -2.60. The van der Waals surface area contributed by atoms with E-state index in [0.717, 1.165) is 32.1 Å². The Labute approximate surface area is 235 Å². The first-order valence-corrected chi connectivity index (χ1v) is 15.1. The minimum Gasteiger partial charge on any atom is -0.465 e. The lowest BCUT2D eigenvalue weighted by Gasteiger charge is -2.41. The number of halogens is 1. The van der Waals surface area contributed by atoms with E-state index >= 15 is 0 Å². The Bertz CT molecular complexity index is 883. The molecule has 214 valence electrons. The van der Waals surface area contributed by atoms with Crippen LogP contribution in [-0.2, 0) is 23.9 Å². The van der Waals surface area contributed by atoms with Gasteiger partial charge in [-0.15, -0.1) is 13.2 Å². The van der Waals surface area contributed by atoms with Crippen molar-refractivity contribution in [2.75, 3.05) is 26.3 Å². The summed E-state index contributed by atoms with van der Waals surface area (Å²) in [4.78, 5) is 45.1. The molecule has 3 aliphatic rings. The lowest BCUT2D eigenvalue weighted by atomic mass is 9.70. The van der Waals surface area contributed by atoms with E-state index in [2.05, 4.69) is 36.0 Å². The second-order valence-corrected chi connectivity index (χ2v) is 12.1. The van der Waals surface area contributed by atoms with Gasteiger partial charge in [0.25, 0.3) is 0 Å². The molecule has 0 aliphatic carbocycles. The van der Waals surface area contributed by atoms with Gasteiger partial charge in [0.2, 0.25) is 11.8 Å². The van der Waals surface area contributed by atoms with E-state index in [-0.39, 0.29) is 35.8 Å². The first kappa shape index (κ1) is 30.8. The second-order valence-electron chi connectivity index (χ2n) is 10.9. The average molecular weight is 598 g/mol. The number of aliphatic hydroxyl groups is 1. The van der Waals surface area contributed by atoms with Crippen LogP contribution in [0, 0.1) is 17.8 Å². The lowest BCUT2D eigenvalue weighted by molar-refractivity contribution is -0.157. The molecule has 2 bridgehead atoms. The Morgan fingerprint density at radius 1 is 1.29 bits per heavy atom. The van der Waals surface area contributed by atoms with Crippen LogP contribution in [0.2, 0.25) is 0 Å². The SMILES string of the molecule is C=CCCCOC(=O)[C@H]1[C@H]2C(=O)N([C@@H](CO)[C@@H](C)CC)C(C(=O)N(CC=C)CCCCC)C23CC(Br)[C@@H]1O3. The molecule has 9 heteroatoms. The fraction of sp³-hybridized carbons (Fsp3) is 0.759. The second kappa shape index (κ2) is 13.6. The molecule has 2 amide bonds. The number of unbranched alkanes of at least 4 members (excludes halogenated alkanes) is 3. The maximum Gasteiger partial charge on any atom is 0.312 e. The molecule has 3 unspecified atom stereocenters. The number of hydrogen-bond acceptors (Lipinski definition) is 6. The van der Waals surface area contributed by atoms with Gasteiger partial charge in [-0.05, 0) is 31.6 Å². The summed E-state index contributed by atoms with van der Waals surface area (Å²) in [6, 6.07) is -1.50. The molecular formula is C29H45BrN2O6. The number of carbonyl (C=O) groups excluding carboxylic acids is 3. The minimum absolute atomic E-state index is 0.0521. The molecule has 8 atom stereocenters. The van der Waals surface area contributed by atoms with Crippen LogP contribution in [0.4, 0.5) is 0 Å². The quantitative estimate of drug-likeness (QED) is 0.126. The highest BCUT2D eigenvalue weighted by Gasteiger charge is 2.77. The van der Waals surface area contributed by atoms with Crippen molar-refractivity contribution in [3.63, 3.8) is 0 Å². The van der Waals surface area contributed by atoms with Gasteiger partial charge < -0.3 is 24.4 Å².